The molecule has 1 aromatic rings. The van der Waals surface area contributed by atoms with Crippen molar-refractivity contribution in [3.05, 3.63) is 29.8 Å². The second-order valence-corrected chi connectivity index (χ2v) is 6.06. The fourth-order valence-corrected chi connectivity index (χ4v) is 2.53. The van der Waals surface area contributed by atoms with Gasteiger partial charge in [-0.3, -0.25) is 4.79 Å². The first-order chi connectivity index (χ1) is 9.89. The van der Waals surface area contributed by atoms with Gasteiger partial charge in [0.25, 0.3) is 0 Å². The largest absolute Gasteiger partial charge is 0.508 e. The highest BCUT2D eigenvalue weighted by atomic mass is 16.3. The average molecular weight is 292 g/mol. The fourth-order valence-electron chi connectivity index (χ4n) is 2.53. The number of hydrogen-bond donors (Lipinski definition) is 3. The maximum Gasteiger partial charge on any atom is 0.227 e. The smallest absolute Gasteiger partial charge is 0.227 e. The molecule has 1 amide bonds. The summed E-state index contributed by atoms with van der Waals surface area (Å²) in [6.07, 6.45) is 1.36. The summed E-state index contributed by atoms with van der Waals surface area (Å²) in [6.45, 7) is 3.81. The number of benzene rings is 1. The topological polar surface area (TPSA) is 72.8 Å². The molecular weight excluding hydrogens is 268 g/mol. The Morgan fingerprint density at radius 2 is 1.90 bits per heavy atom. The normalized spacial score (nSPS) is 20.0. The molecule has 1 fully saturated rings. The third kappa shape index (κ3) is 4.19. The van der Waals surface area contributed by atoms with Crippen LogP contribution in [0.2, 0.25) is 0 Å². The van der Waals surface area contributed by atoms with E-state index in [1.54, 1.807) is 24.3 Å². The van der Waals surface area contributed by atoms with Crippen molar-refractivity contribution in [2.75, 3.05) is 26.7 Å². The van der Waals surface area contributed by atoms with Crippen LogP contribution >= 0.6 is 0 Å². The summed E-state index contributed by atoms with van der Waals surface area (Å²) in [5.74, 6) is -0.222. The molecule has 1 aliphatic heterocycles. The number of piperidine rings is 1. The Morgan fingerprint density at radius 3 is 2.48 bits per heavy atom. The number of amides is 1. The van der Waals surface area contributed by atoms with Crippen molar-refractivity contribution in [3.8, 4) is 5.75 Å². The molecule has 0 unspecified atom stereocenters. The molecule has 1 heterocycles. The summed E-state index contributed by atoms with van der Waals surface area (Å²) >= 11 is 0. The first kappa shape index (κ1) is 15.8. The minimum atomic E-state index is -0.795. The first-order valence-corrected chi connectivity index (χ1v) is 7.37. The van der Waals surface area contributed by atoms with E-state index in [1.807, 2.05) is 14.0 Å². The van der Waals surface area contributed by atoms with Gasteiger partial charge in [0.15, 0.2) is 0 Å². The summed E-state index contributed by atoms with van der Waals surface area (Å²) in [5, 5.41) is 22.6. The van der Waals surface area contributed by atoms with Crippen LogP contribution < -0.4 is 5.32 Å². The van der Waals surface area contributed by atoms with E-state index in [1.165, 1.54) is 0 Å². The molecule has 0 aromatic heterocycles. The molecule has 1 aliphatic rings. The SMILES string of the molecule is C[C@H](C(=O)NCC1(O)CCN(C)CC1)c1ccc(O)cc1. The van der Waals surface area contributed by atoms with Gasteiger partial charge < -0.3 is 20.4 Å². The van der Waals surface area contributed by atoms with E-state index in [9.17, 15) is 15.0 Å². The highest BCUT2D eigenvalue weighted by molar-refractivity contribution is 5.83. The molecule has 116 valence electrons. The lowest BCUT2D eigenvalue weighted by atomic mass is 9.91. The van der Waals surface area contributed by atoms with Crippen LogP contribution in [0.5, 0.6) is 5.75 Å². The first-order valence-electron chi connectivity index (χ1n) is 7.37. The van der Waals surface area contributed by atoms with Crippen LogP contribution in [-0.2, 0) is 4.79 Å². The van der Waals surface area contributed by atoms with Gasteiger partial charge in [-0.25, -0.2) is 0 Å². The standard InChI is InChI=1S/C16H24N2O3/c1-12(13-3-5-14(19)6-4-13)15(20)17-11-16(21)7-9-18(2)10-8-16/h3-6,12,19,21H,7-11H2,1-2H3,(H,17,20)/t12-/m0/s1. The van der Waals surface area contributed by atoms with E-state index < -0.39 is 5.60 Å². The molecule has 0 saturated carbocycles. The highest BCUT2D eigenvalue weighted by Crippen LogP contribution is 2.22. The Balaban J connectivity index is 1.88. The fraction of sp³-hybridized carbons (Fsp3) is 0.562. The summed E-state index contributed by atoms with van der Waals surface area (Å²) in [4.78, 5) is 14.4. The predicted octanol–water partition coefficient (Wildman–Crippen LogP) is 1.07. The Hall–Kier alpha value is -1.59. The van der Waals surface area contributed by atoms with Gasteiger partial charge in [0, 0.05) is 19.6 Å². The van der Waals surface area contributed by atoms with E-state index >= 15 is 0 Å². The molecule has 0 bridgehead atoms. The Morgan fingerprint density at radius 1 is 1.33 bits per heavy atom. The number of phenols is 1. The number of carbonyl (C=O) groups excluding carboxylic acids is 1. The Bertz CT molecular complexity index is 479. The van der Waals surface area contributed by atoms with Crippen LogP contribution in [-0.4, -0.2) is 53.3 Å². The number of rotatable bonds is 4. The number of aliphatic hydroxyl groups is 1. The van der Waals surface area contributed by atoms with E-state index in [0.29, 0.717) is 19.4 Å². The van der Waals surface area contributed by atoms with E-state index in [-0.39, 0.29) is 17.6 Å². The number of nitrogens with one attached hydrogen (secondary N) is 1. The lowest BCUT2D eigenvalue weighted by molar-refractivity contribution is -0.124. The minimum Gasteiger partial charge on any atom is -0.508 e. The van der Waals surface area contributed by atoms with E-state index in [2.05, 4.69) is 10.2 Å². The third-order valence-electron chi connectivity index (χ3n) is 4.30. The second-order valence-electron chi connectivity index (χ2n) is 6.06. The van der Waals surface area contributed by atoms with Crippen molar-refractivity contribution in [3.63, 3.8) is 0 Å². The monoisotopic (exact) mass is 292 g/mol. The van der Waals surface area contributed by atoms with Crippen molar-refractivity contribution in [2.24, 2.45) is 0 Å². The van der Waals surface area contributed by atoms with Crippen molar-refractivity contribution >= 4 is 5.91 Å². The molecule has 1 saturated heterocycles. The molecule has 3 N–H and O–H groups in total. The molecule has 5 heteroatoms. The van der Waals surface area contributed by atoms with Gasteiger partial charge in [0.2, 0.25) is 5.91 Å². The predicted molar refractivity (Wildman–Crippen MR) is 81.2 cm³/mol. The van der Waals surface area contributed by atoms with E-state index in [4.69, 9.17) is 0 Å². The summed E-state index contributed by atoms with van der Waals surface area (Å²) in [5.41, 5.74) is 0.0530. The molecule has 2 rings (SSSR count). The van der Waals surface area contributed by atoms with Gasteiger partial charge >= 0.3 is 0 Å². The number of nitrogens with zero attached hydrogens (tertiary/aromatic N) is 1. The van der Waals surface area contributed by atoms with Gasteiger partial charge in [0.05, 0.1) is 11.5 Å². The van der Waals surface area contributed by atoms with Crippen molar-refractivity contribution in [1.82, 2.24) is 10.2 Å². The van der Waals surface area contributed by atoms with Crippen LogP contribution in [0.3, 0.4) is 0 Å². The Kier molecular flexibility index (Phi) is 4.85. The molecule has 0 spiro atoms. The zero-order valence-corrected chi connectivity index (χ0v) is 12.7. The molecule has 21 heavy (non-hydrogen) atoms. The zero-order valence-electron chi connectivity index (χ0n) is 12.7. The number of carbonyl (C=O) groups is 1. The van der Waals surface area contributed by atoms with Gasteiger partial charge in [-0.1, -0.05) is 12.1 Å². The number of hydrogen-bond acceptors (Lipinski definition) is 4. The number of likely N-dealkylation sites (tertiary alicyclic amines) is 1. The lowest BCUT2D eigenvalue weighted by Gasteiger charge is -2.36. The van der Waals surface area contributed by atoms with Crippen LogP contribution in [0.4, 0.5) is 0 Å². The molecular formula is C16H24N2O3. The van der Waals surface area contributed by atoms with Gasteiger partial charge in [0.1, 0.15) is 5.75 Å². The molecule has 1 aromatic carbocycles. The van der Waals surface area contributed by atoms with E-state index in [0.717, 1.165) is 18.7 Å². The highest BCUT2D eigenvalue weighted by Gasteiger charge is 2.31. The summed E-state index contributed by atoms with van der Waals surface area (Å²) < 4.78 is 0. The zero-order chi connectivity index (χ0) is 15.5. The molecule has 1 atom stereocenters. The second kappa shape index (κ2) is 6.45. The maximum atomic E-state index is 12.2. The Labute approximate surface area is 125 Å². The molecule has 0 radical (unpaired) electrons. The van der Waals surface area contributed by atoms with Crippen LogP contribution in [0.15, 0.2) is 24.3 Å². The van der Waals surface area contributed by atoms with Crippen molar-refractivity contribution in [2.45, 2.75) is 31.3 Å². The molecule has 0 aliphatic carbocycles. The van der Waals surface area contributed by atoms with Crippen LogP contribution in [0.1, 0.15) is 31.2 Å². The molecule has 5 nitrogen and oxygen atoms in total. The van der Waals surface area contributed by atoms with Gasteiger partial charge in [-0.15, -0.1) is 0 Å². The van der Waals surface area contributed by atoms with Gasteiger partial charge in [-0.05, 0) is 44.5 Å². The lowest BCUT2D eigenvalue weighted by Crippen LogP contribution is -2.50. The number of aromatic hydroxyl groups is 1. The third-order valence-corrected chi connectivity index (χ3v) is 4.30. The van der Waals surface area contributed by atoms with Crippen LogP contribution in [0, 0.1) is 0 Å². The average Bonchev–Trinajstić information content (AvgIpc) is 2.48. The van der Waals surface area contributed by atoms with Crippen molar-refractivity contribution < 1.29 is 15.0 Å². The minimum absolute atomic E-state index is 0.104. The van der Waals surface area contributed by atoms with Crippen molar-refractivity contribution in [1.29, 1.82) is 0 Å². The summed E-state index contributed by atoms with van der Waals surface area (Å²) in [6, 6.07) is 6.63. The van der Waals surface area contributed by atoms with Gasteiger partial charge in [-0.2, -0.15) is 0 Å². The summed E-state index contributed by atoms with van der Waals surface area (Å²) in [7, 11) is 2.03. The number of phenolic OH excluding ortho intramolecular Hbond substituents is 1. The quantitative estimate of drug-likeness (QED) is 0.776. The van der Waals surface area contributed by atoms with Crippen LogP contribution in [0.25, 0.3) is 0 Å². The maximum absolute atomic E-state index is 12.2.